The molecule has 2 saturated heterocycles. The van der Waals surface area contributed by atoms with E-state index in [2.05, 4.69) is 5.10 Å². The van der Waals surface area contributed by atoms with Crippen molar-refractivity contribution in [2.75, 3.05) is 32.7 Å². The Labute approximate surface area is 171 Å². The first-order valence-corrected chi connectivity index (χ1v) is 10.9. The van der Waals surface area contributed by atoms with Gasteiger partial charge in [0.1, 0.15) is 0 Å². The molecule has 0 radical (unpaired) electrons. The van der Waals surface area contributed by atoms with Crippen LogP contribution in [-0.4, -0.2) is 74.9 Å². The second kappa shape index (κ2) is 8.55. The van der Waals surface area contributed by atoms with Crippen LogP contribution in [0.4, 0.5) is 0 Å². The van der Waals surface area contributed by atoms with Gasteiger partial charge >= 0.3 is 0 Å². The van der Waals surface area contributed by atoms with E-state index in [9.17, 15) is 14.4 Å². The quantitative estimate of drug-likeness (QED) is 0.763. The van der Waals surface area contributed by atoms with E-state index >= 15 is 0 Å². The fourth-order valence-electron chi connectivity index (χ4n) is 4.72. The summed E-state index contributed by atoms with van der Waals surface area (Å²) in [5, 5.41) is 4.49. The molecule has 158 valence electrons. The molecule has 0 saturated carbocycles. The molecule has 0 atom stereocenters. The van der Waals surface area contributed by atoms with Gasteiger partial charge < -0.3 is 14.7 Å². The Hall–Kier alpha value is -2.38. The SMILES string of the molecule is Cn1nc(C(=O)N2CCCC2)c2c1CCN(C(=O)CCC(=O)N1CCCCC1)C2. The van der Waals surface area contributed by atoms with Crippen molar-refractivity contribution in [2.24, 2.45) is 7.05 Å². The molecule has 1 aromatic heterocycles. The van der Waals surface area contributed by atoms with Gasteiger partial charge in [0.25, 0.3) is 5.91 Å². The Bertz CT molecular complexity index is 790. The molecule has 4 heterocycles. The van der Waals surface area contributed by atoms with E-state index in [1.165, 1.54) is 6.42 Å². The standard InChI is InChI=1S/C21H31N5O3/c1-23-17-9-14-26(19(28)8-7-18(27)24-10-3-2-4-11-24)15-16(17)20(22-23)21(29)25-12-5-6-13-25/h2-15H2,1H3. The molecule has 29 heavy (non-hydrogen) atoms. The number of nitrogens with zero attached hydrogens (tertiary/aromatic N) is 5. The number of hydrogen-bond donors (Lipinski definition) is 0. The highest BCUT2D eigenvalue weighted by atomic mass is 16.2. The summed E-state index contributed by atoms with van der Waals surface area (Å²) < 4.78 is 1.79. The summed E-state index contributed by atoms with van der Waals surface area (Å²) >= 11 is 0. The van der Waals surface area contributed by atoms with Crippen LogP contribution >= 0.6 is 0 Å². The number of hydrogen-bond acceptors (Lipinski definition) is 4. The normalized spacial score (nSPS) is 19.4. The maximum absolute atomic E-state index is 12.9. The van der Waals surface area contributed by atoms with Crippen LogP contribution in [0.1, 0.15) is 66.7 Å². The minimum absolute atomic E-state index is 0.00978. The van der Waals surface area contributed by atoms with Crippen molar-refractivity contribution < 1.29 is 14.4 Å². The lowest BCUT2D eigenvalue weighted by molar-refractivity contribution is -0.138. The number of fused-ring (bicyclic) bond motifs is 1. The predicted molar refractivity (Wildman–Crippen MR) is 107 cm³/mol. The lowest BCUT2D eigenvalue weighted by atomic mass is 10.0. The maximum Gasteiger partial charge on any atom is 0.274 e. The summed E-state index contributed by atoms with van der Waals surface area (Å²) in [6.45, 7) is 4.22. The second-order valence-corrected chi connectivity index (χ2v) is 8.40. The van der Waals surface area contributed by atoms with E-state index in [-0.39, 0.29) is 30.6 Å². The third kappa shape index (κ3) is 4.16. The summed E-state index contributed by atoms with van der Waals surface area (Å²) in [5.74, 6) is 0.0559. The smallest absolute Gasteiger partial charge is 0.274 e. The molecular formula is C21H31N5O3. The van der Waals surface area contributed by atoms with Crippen molar-refractivity contribution in [3.05, 3.63) is 17.0 Å². The molecule has 3 aliphatic rings. The first-order chi connectivity index (χ1) is 14.0. The van der Waals surface area contributed by atoms with Crippen molar-refractivity contribution in [3.8, 4) is 0 Å². The van der Waals surface area contributed by atoms with Gasteiger partial charge in [-0.25, -0.2) is 0 Å². The van der Waals surface area contributed by atoms with Gasteiger partial charge in [0.2, 0.25) is 11.8 Å². The Morgan fingerprint density at radius 3 is 2.07 bits per heavy atom. The summed E-state index contributed by atoms with van der Waals surface area (Å²) in [4.78, 5) is 43.6. The van der Waals surface area contributed by atoms with Crippen LogP contribution in [0.15, 0.2) is 0 Å². The first kappa shape index (κ1) is 19.9. The van der Waals surface area contributed by atoms with Crippen molar-refractivity contribution in [1.29, 1.82) is 0 Å². The van der Waals surface area contributed by atoms with Gasteiger partial charge in [-0.2, -0.15) is 5.10 Å². The van der Waals surface area contributed by atoms with Gasteiger partial charge in [-0.1, -0.05) is 0 Å². The molecular weight excluding hydrogens is 370 g/mol. The van der Waals surface area contributed by atoms with Gasteiger partial charge in [-0.05, 0) is 32.1 Å². The van der Waals surface area contributed by atoms with Crippen molar-refractivity contribution in [2.45, 2.75) is 57.9 Å². The van der Waals surface area contributed by atoms with Crippen molar-refractivity contribution >= 4 is 17.7 Å². The van der Waals surface area contributed by atoms with Gasteiger partial charge in [0, 0.05) is 76.8 Å². The molecule has 1 aromatic rings. The minimum atomic E-state index is -0.0195. The maximum atomic E-state index is 12.9. The first-order valence-electron chi connectivity index (χ1n) is 10.9. The average Bonchev–Trinajstić information content (AvgIpc) is 3.40. The number of amides is 3. The lowest BCUT2D eigenvalue weighted by Gasteiger charge is -2.29. The number of likely N-dealkylation sites (tertiary alicyclic amines) is 2. The van der Waals surface area contributed by atoms with E-state index in [0.29, 0.717) is 25.2 Å². The number of aryl methyl sites for hydroxylation is 1. The molecule has 2 fully saturated rings. The lowest BCUT2D eigenvalue weighted by Crippen LogP contribution is -2.39. The zero-order chi connectivity index (χ0) is 20.4. The average molecular weight is 402 g/mol. The fourth-order valence-corrected chi connectivity index (χ4v) is 4.72. The summed E-state index contributed by atoms with van der Waals surface area (Å²) in [6, 6.07) is 0. The number of aromatic nitrogens is 2. The highest BCUT2D eigenvalue weighted by Crippen LogP contribution is 2.25. The van der Waals surface area contributed by atoms with Crippen LogP contribution in [0, 0.1) is 0 Å². The largest absolute Gasteiger partial charge is 0.343 e. The van der Waals surface area contributed by atoms with Gasteiger partial charge in [-0.3, -0.25) is 19.1 Å². The van der Waals surface area contributed by atoms with Gasteiger partial charge in [-0.15, -0.1) is 0 Å². The van der Waals surface area contributed by atoms with Gasteiger partial charge in [0.05, 0.1) is 0 Å². The van der Waals surface area contributed by atoms with Crippen molar-refractivity contribution in [1.82, 2.24) is 24.5 Å². The predicted octanol–water partition coefficient (Wildman–Crippen LogP) is 1.33. The highest BCUT2D eigenvalue weighted by molar-refractivity contribution is 5.94. The molecule has 0 unspecified atom stereocenters. The van der Waals surface area contributed by atoms with E-state index in [1.807, 2.05) is 16.8 Å². The summed E-state index contributed by atoms with van der Waals surface area (Å²) in [5.41, 5.74) is 2.42. The molecule has 0 aromatic carbocycles. The zero-order valence-electron chi connectivity index (χ0n) is 17.4. The molecule has 3 amide bonds. The Morgan fingerprint density at radius 2 is 1.38 bits per heavy atom. The summed E-state index contributed by atoms with van der Waals surface area (Å²) in [7, 11) is 1.87. The van der Waals surface area contributed by atoms with E-state index in [0.717, 1.165) is 63.1 Å². The third-order valence-corrected chi connectivity index (χ3v) is 6.45. The Morgan fingerprint density at radius 1 is 0.793 bits per heavy atom. The van der Waals surface area contributed by atoms with Crippen LogP contribution < -0.4 is 0 Å². The number of piperidine rings is 1. The second-order valence-electron chi connectivity index (χ2n) is 8.40. The van der Waals surface area contributed by atoms with E-state index in [4.69, 9.17) is 0 Å². The third-order valence-electron chi connectivity index (χ3n) is 6.45. The van der Waals surface area contributed by atoms with E-state index < -0.39 is 0 Å². The van der Waals surface area contributed by atoms with Crippen LogP contribution in [0.3, 0.4) is 0 Å². The number of carbonyl (C=O) groups excluding carboxylic acids is 3. The van der Waals surface area contributed by atoms with Crippen molar-refractivity contribution in [3.63, 3.8) is 0 Å². The molecule has 8 nitrogen and oxygen atoms in total. The number of carbonyl (C=O) groups is 3. The molecule has 0 spiro atoms. The minimum Gasteiger partial charge on any atom is -0.343 e. The highest BCUT2D eigenvalue weighted by Gasteiger charge is 2.32. The number of rotatable bonds is 4. The molecule has 8 heteroatoms. The molecule has 0 N–H and O–H groups in total. The topological polar surface area (TPSA) is 78.8 Å². The molecule has 3 aliphatic heterocycles. The summed E-state index contributed by atoms with van der Waals surface area (Å²) in [6.07, 6.45) is 6.58. The van der Waals surface area contributed by atoms with E-state index in [1.54, 1.807) is 9.58 Å². The Kier molecular flexibility index (Phi) is 5.87. The van der Waals surface area contributed by atoms with Crippen LogP contribution in [0.2, 0.25) is 0 Å². The molecule has 4 rings (SSSR count). The molecule has 0 bridgehead atoms. The fraction of sp³-hybridized carbons (Fsp3) is 0.714. The van der Waals surface area contributed by atoms with Gasteiger partial charge in [0.15, 0.2) is 5.69 Å². The Balaban J connectivity index is 1.39. The monoisotopic (exact) mass is 401 g/mol. The van der Waals surface area contributed by atoms with Crippen LogP contribution in [0.25, 0.3) is 0 Å². The molecule has 0 aliphatic carbocycles. The van der Waals surface area contributed by atoms with Crippen LogP contribution in [0.5, 0.6) is 0 Å². The van der Waals surface area contributed by atoms with Crippen LogP contribution in [-0.2, 0) is 29.6 Å². The zero-order valence-corrected chi connectivity index (χ0v) is 17.4.